The standard InChI is InChI=1S/C29H40N4O3/c1-6-7-8-9-10-15-27(34)32(21-20-31(3)4)22(2)28-30-26-14-12-11-13-25(26)29(35)33(28)23-16-18-24(36-5)19-17-23/h11-14,16-19,22H,6-10,15,20-21H2,1-5H3. The van der Waals surface area contributed by atoms with Crippen LogP contribution in [0.3, 0.4) is 0 Å². The van der Waals surface area contributed by atoms with E-state index in [1.54, 1.807) is 17.7 Å². The topological polar surface area (TPSA) is 67.7 Å². The van der Waals surface area contributed by atoms with Gasteiger partial charge in [0.1, 0.15) is 11.6 Å². The van der Waals surface area contributed by atoms with Crippen LogP contribution in [-0.4, -0.2) is 59.6 Å². The molecule has 7 heteroatoms. The van der Waals surface area contributed by atoms with Crippen molar-refractivity contribution in [1.29, 1.82) is 0 Å². The number of fused-ring (bicyclic) bond motifs is 1. The van der Waals surface area contributed by atoms with Gasteiger partial charge >= 0.3 is 0 Å². The number of benzene rings is 2. The zero-order chi connectivity index (χ0) is 26.1. The molecule has 1 aromatic heterocycles. The normalized spacial score (nSPS) is 12.2. The summed E-state index contributed by atoms with van der Waals surface area (Å²) in [6.45, 7) is 5.45. The number of para-hydroxylation sites is 1. The van der Waals surface area contributed by atoms with Gasteiger partial charge in [0, 0.05) is 19.5 Å². The monoisotopic (exact) mass is 492 g/mol. The number of aromatic nitrogens is 2. The maximum Gasteiger partial charge on any atom is 0.266 e. The Morgan fingerprint density at radius 3 is 2.36 bits per heavy atom. The van der Waals surface area contributed by atoms with Crippen molar-refractivity contribution in [3.8, 4) is 11.4 Å². The van der Waals surface area contributed by atoms with Crippen molar-refractivity contribution in [2.45, 2.75) is 58.4 Å². The number of amides is 1. The van der Waals surface area contributed by atoms with Crippen LogP contribution in [0.15, 0.2) is 53.3 Å². The molecule has 1 heterocycles. The zero-order valence-electron chi connectivity index (χ0n) is 22.4. The molecule has 1 amide bonds. The molecule has 0 saturated heterocycles. The lowest BCUT2D eigenvalue weighted by Gasteiger charge is -2.31. The summed E-state index contributed by atoms with van der Waals surface area (Å²) < 4.78 is 6.95. The minimum atomic E-state index is -0.382. The largest absolute Gasteiger partial charge is 0.497 e. The van der Waals surface area contributed by atoms with E-state index in [0.29, 0.717) is 41.1 Å². The van der Waals surface area contributed by atoms with Crippen LogP contribution in [0.25, 0.3) is 16.6 Å². The molecule has 0 spiro atoms. The second kappa shape index (κ2) is 13.2. The molecule has 3 aromatic rings. The Morgan fingerprint density at radius 2 is 1.69 bits per heavy atom. The first-order chi connectivity index (χ1) is 17.4. The summed E-state index contributed by atoms with van der Waals surface area (Å²) >= 11 is 0. The van der Waals surface area contributed by atoms with Crippen molar-refractivity contribution >= 4 is 16.8 Å². The number of hydrogen-bond acceptors (Lipinski definition) is 5. The van der Waals surface area contributed by atoms with Crippen LogP contribution in [0.2, 0.25) is 0 Å². The Hall–Kier alpha value is -3.19. The number of rotatable bonds is 13. The van der Waals surface area contributed by atoms with Gasteiger partial charge in [-0.2, -0.15) is 0 Å². The van der Waals surface area contributed by atoms with Gasteiger partial charge in [0.05, 0.1) is 29.7 Å². The predicted octanol–water partition coefficient (Wildman–Crippen LogP) is 5.21. The van der Waals surface area contributed by atoms with Crippen molar-refractivity contribution in [3.63, 3.8) is 0 Å². The van der Waals surface area contributed by atoms with Gasteiger partial charge in [0.2, 0.25) is 5.91 Å². The van der Waals surface area contributed by atoms with Gasteiger partial charge in [0.15, 0.2) is 0 Å². The summed E-state index contributed by atoms with van der Waals surface area (Å²) in [6, 6.07) is 14.4. The van der Waals surface area contributed by atoms with E-state index in [9.17, 15) is 9.59 Å². The number of nitrogens with zero attached hydrogens (tertiary/aromatic N) is 4. The first-order valence-electron chi connectivity index (χ1n) is 13.0. The van der Waals surface area contributed by atoms with Gasteiger partial charge in [-0.3, -0.25) is 14.2 Å². The maximum atomic E-state index is 13.7. The summed E-state index contributed by atoms with van der Waals surface area (Å²) in [6.07, 6.45) is 5.96. The molecule has 7 nitrogen and oxygen atoms in total. The number of carbonyl (C=O) groups excluding carboxylic acids is 1. The number of likely N-dealkylation sites (N-methyl/N-ethyl adjacent to an activating group) is 1. The minimum absolute atomic E-state index is 0.101. The van der Waals surface area contributed by atoms with E-state index in [0.717, 1.165) is 25.8 Å². The molecule has 0 fully saturated rings. The molecule has 0 saturated carbocycles. The van der Waals surface area contributed by atoms with Crippen LogP contribution >= 0.6 is 0 Å². The maximum absolute atomic E-state index is 13.7. The van der Waals surface area contributed by atoms with E-state index in [4.69, 9.17) is 9.72 Å². The molecule has 0 radical (unpaired) electrons. The van der Waals surface area contributed by atoms with Gasteiger partial charge in [-0.1, -0.05) is 44.7 Å². The van der Waals surface area contributed by atoms with E-state index in [1.165, 1.54) is 12.8 Å². The van der Waals surface area contributed by atoms with E-state index >= 15 is 0 Å². The predicted molar refractivity (Wildman–Crippen MR) is 146 cm³/mol. The van der Waals surface area contributed by atoms with Crippen molar-refractivity contribution < 1.29 is 9.53 Å². The van der Waals surface area contributed by atoms with Gasteiger partial charge in [-0.25, -0.2) is 4.98 Å². The van der Waals surface area contributed by atoms with E-state index in [1.807, 2.05) is 68.4 Å². The lowest BCUT2D eigenvalue weighted by atomic mass is 10.1. The molecule has 0 aliphatic heterocycles. The Bertz CT molecular complexity index is 1190. The summed E-state index contributed by atoms with van der Waals surface area (Å²) in [4.78, 5) is 36.1. The summed E-state index contributed by atoms with van der Waals surface area (Å²) in [5, 5.41) is 0.548. The number of ether oxygens (including phenoxy) is 1. The van der Waals surface area contributed by atoms with Gasteiger partial charge in [-0.15, -0.1) is 0 Å². The van der Waals surface area contributed by atoms with E-state index in [2.05, 4.69) is 11.8 Å². The lowest BCUT2D eigenvalue weighted by molar-refractivity contribution is -0.133. The van der Waals surface area contributed by atoms with E-state index < -0.39 is 0 Å². The average Bonchev–Trinajstić information content (AvgIpc) is 2.88. The quantitative estimate of drug-likeness (QED) is 0.307. The molecule has 3 rings (SSSR count). The van der Waals surface area contributed by atoms with Gasteiger partial charge in [-0.05, 0) is 63.8 Å². The molecular weight excluding hydrogens is 452 g/mol. The van der Waals surface area contributed by atoms with Crippen LogP contribution < -0.4 is 10.3 Å². The first-order valence-corrected chi connectivity index (χ1v) is 13.0. The number of carbonyl (C=O) groups is 1. The number of unbranched alkanes of at least 4 members (excludes halogenated alkanes) is 4. The molecule has 0 aliphatic carbocycles. The average molecular weight is 493 g/mol. The SMILES string of the molecule is CCCCCCCC(=O)N(CCN(C)C)C(C)c1nc2ccccc2c(=O)n1-c1ccc(OC)cc1. The first kappa shape index (κ1) is 27.4. The van der Waals surface area contributed by atoms with Gasteiger partial charge in [0.25, 0.3) is 5.56 Å². The summed E-state index contributed by atoms with van der Waals surface area (Å²) in [5.41, 5.74) is 1.18. The molecule has 1 atom stereocenters. The fourth-order valence-corrected chi connectivity index (χ4v) is 4.42. The van der Waals surface area contributed by atoms with Crippen molar-refractivity contribution in [3.05, 3.63) is 64.7 Å². The highest BCUT2D eigenvalue weighted by molar-refractivity contribution is 5.79. The van der Waals surface area contributed by atoms with Gasteiger partial charge < -0.3 is 14.5 Å². The third-order valence-corrected chi connectivity index (χ3v) is 6.58. The zero-order valence-corrected chi connectivity index (χ0v) is 22.4. The molecule has 2 aromatic carbocycles. The van der Waals surface area contributed by atoms with Crippen LogP contribution in [0.1, 0.15) is 64.2 Å². The highest BCUT2D eigenvalue weighted by atomic mass is 16.5. The minimum Gasteiger partial charge on any atom is -0.497 e. The second-order valence-electron chi connectivity index (χ2n) is 9.56. The van der Waals surface area contributed by atoms with Crippen LogP contribution in [0.4, 0.5) is 0 Å². The lowest BCUT2D eigenvalue weighted by Crippen LogP contribution is -2.40. The number of methoxy groups -OCH3 is 1. The van der Waals surface area contributed by atoms with Crippen molar-refractivity contribution in [2.75, 3.05) is 34.3 Å². The molecule has 194 valence electrons. The highest BCUT2D eigenvalue weighted by Crippen LogP contribution is 2.25. The smallest absolute Gasteiger partial charge is 0.266 e. The Kier molecular flexibility index (Phi) is 10.1. The molecule has 0 aliphatic rings. The van der Waals surface area contributed by atoms with Crippen LogP contribution in [0, 0.1) is 0 Å². The molecule has 36 heavy (non-hydrogen) atoms. The fourth-order valence-electron chi connectivity index (χ4n) is 4.42. The van der Waals surface area contributed by atoms with Crippen molar-refractivity contribution in [1.82, 2.24) is 19.4 Å². The summed E-state index contributed by atoms with van der Waals surface area (Å²) in [5.74, 6) is 1.37. The third-order valence-electron chi connectivity index (χ3n) is 6.58. The fraction of sp³-hybridized carbons (Fsp3) is 0.483. The molecule has 0 bridgehead atoms. The highest BCUT2D eigenvalue weighted by Gasteiger charge is 2.26. The van der Waals surface area contributed by atoms with E-state index in [-0.39, 0.29) is 17.5 Å². The number of hydrogen-bond donors (Lipinski definition) is 0. The summed E-state index contributed by atoms with van der Waals surface area (Å²) in [7, 11) is 5.61. The van der Waals surface area contributed by atoms with Crippen LogP contribution in [-0.2, 0) is 4.79 Å². The molecule has 1 unspecified atom stereocenters. The Labute approximate surface area is 214 Å². The molecule has 0 N–H and O–H groups in total. The second-order valence-corrected chi connectivity index (χ2v) is 9.56. The Balaban J connectivity index is 2.04. The molecular formula is C29H40N4O3. The Morgan fingerprint density at radius 1 is 1.00 bits per heavy atom. The van der Waals surface area contributed by atoms with Crippen LogP contribution in [0.5, 0.6) is 5.75 Å². The third kappa shape index (κ3) is 6.72. The van der Waals surface area contributed by atoms with Crippen molar-refractivity contribution in [2.24, 2.45) is 0 Å².